The Kier molecular flexibility index (Phi) is 6.47. The highest BCUT2D eigenvalue weighted by atomic mass is 32.1. The minimum atomic E-state index is 0.136. The maximum Gasteiger partial charge on any atom is 0.224 e. The van der Waals surface area contributed by atoms with Gasteiger partial charge >= 0.3 is 0 Å². The third kappa shape index (κ3) is 5.02. The Morgan fingerprint density at radius 1 is 1.32 bits per heavy atom. The van der Waals surface area contributed by atoms with Crippen molar-refractivity contribution in [1.29, 1.82) is 0 Å². The summed E-state index contributed by atoms with van der Waals surface area (Å²) in [6, 6.07) is 1.31. The van der Waals surface area contributed by atoms with Crippen molar-refractivity contribution in [3.63, 3.8) is 0 Å². The monoisotopic (exact) mass is 364 g/mol. The second kappa shape index (κ2) is 8.60. The lowest BCUT2D eigenvalue weighted by molar-refractivity contribution is -0.127. The van der Waals surface area contributed by atoms with Gasteiger partial charge in [0.25, 0.3) is 0 Å². The summed E-state index contributed by atoms with van der Waals surface area (Å²) < 4.78 is 0. The smallest absolute Gasteiger partial charge is 0.224 e. The molecule has 2 saturated heterocycles. The molecule has 3 rings (SSSR count). The van der Waals surface area contributed by atoms with Crippen molar-refractivity contribution in [2.75, 3.05) is 26.2 Å². The first kappa shape index (κ1) is 18.8. The van der Waals surface area contributed by atoms with E-state index >= 15 is 0 Å². The number of hydrogen-bond acceptors (Lipinski definition) is 5. The largest absolute Gasteiger partial charge is 0.350 e. The van der Waals surface area contributed by atoms with Crippen molar-refractivity contribution in [2.24, 2.45) is 5.92 Å². The van der Waals surface area contributed by atoms with Gasteiger partial charge in [-0.15, -0.1) is 11.3 Å². The number of nitrogens with one attached hydrogen (secondary N) is 1. The Labute approximate surface area is 155 Å². The Morgan fingerprint density at radius 3 is 2.72 bits per heavy atom. The normalized spacial score (nSPS) is 23.9. The zero-order chi connectivity index (χ0) is 17.8. The molecule has 1 N–H and O–H groups in total. The fourth-order valence-corrected chi connectivity index (χ4v) is 4.74. The molecule has 6 heteroatoms. The molecule has 1 amide bonds. The van der Waals surface area contributed by atoms with Crippen molar-refractivity contribution < 1.29 is 4.79 Å². The van der Waals surface area contributed by atoms with Crippen LogP contribution in [-0.2, 0) is 11.3 Å². The third-order valence-electron chi connectivity index (χ3n) is 5.68. The van der Waals surface area contributed by atoms with Crippen molar-refractivity contribution in [1.82, 2.24) is 20.1 Å². The molecule has 0 radical (unpaired) electrons. The molecular weight excluding hydrogens is 332 g/mol. The minimum absolute atomic E-state index is 0.136. The molecule has 2 aliphatic heterocycles. The van der Waals surface area contributed by atoms with Crippen LogP contribution >= 0.6 is 11.3 Å². The van der Waals surface area contributed by atoms with Gasteiger partial charge in [0.05, 0.1) is 23.2 Å². The van der Waals surface area contributed by atoms with Crippen LogP contribution in [0.15, 0.2) is 5.38 Å². The highest BCUT2D eigenvalue weighted by Gasteiger charge is 2.31. The summed E-state index contributed by atoms with van der Waals surface area (Å²) >= 11 is 1.64. The molecule has 0 spiro atoms. The Bertz CT molecular complexity index is 566. The number of amides is 1. The minimum Gasteiger partial charge on any atom is -0.350 e. The van der Waals surface area contributed by atoms with Crippen LogP contribution in [-0.4, -0.2) is 59.0 Å². The summed E-state index contributed by atoms with van der Waals surface area (Å²) in [7, 11) is 0. The number of rotatable bonds is 5. The van der Waals surface area contributed by atoms with Gasteiger partial charge < -0.3 is 10.2 Å². The molecule has 2 fully saturated rings. The van der Waals surface area contributed by atoms with Crippen molar-refractivity contribution in [3.8, 4) is 0 Å². The molecule has 0 saturated carbocycles. The average Bonchev–Trinajstić information content (AvgIpc) is 3.05. The van der Waals surface area contributed by atoms with Crippen LogP contribution in [0.2, 0.25) is 0 Å². The summed E-state index contributed by atoms with van der Waals surface area (Å²) in [5, 5.41) is 6.19. The highest BCUT2D eigenvalue weighted by molar-refractivity contribution is 7.09. The summed E-state index contributed by atoms with van der Waals surface area (Å²) in [5.41, 5.74) is 0.976. The number of carbonyl (C=O) groups is 1. The molecular formula is C19H32N4OS. The number of piperidine rings is 2. The second-order valence-corrected chi connectivity index (χ2v) is 8.83. The Balaban J connectivity index is 1.46. The number of hydrogen-bond donors (Lipinski definition) is 1. The Morgan fingerprint density at radius 2 is 2.08 bits per heavy atom. The first-order valence-corrected chi connectivity index (χ1v) is 10.6. The molecule has 140 valence electrons. The molecule has 0 unspecified atom stereocenters. The topological polar surface area (TPSA) is 48.5 Å². The van der Waals surface area contributed by atoms with Gasteiger partial charge in [-0.1, -0.05) is 0 Å². The summed E-state index contributed by atoms with van der Waals surface area (Å²) in [5.74, 6) is 0.339. The van der Waals surface area contributed by atoms with E-state index < -0.39 is 0 Å². The van der Waals surface area contributed by atoms with E-state index in [2.05, 4.69) is 33.9 Å². The van der Waals surface area contributed by atoms with Crippen LogP contribution in [0.1, 0.15) is 50.2 Å². The third-order valence-corrected chi connectivity index (χ3v) is 6.50. The number of likely N-dealkylation sites (tertiary alicyclic amines) is 2. The van der Waals surface area contributed by atoms with Crippen LogP contribution in [0.4, 0.5) is 0 Å². The van der Waals surface area contributed by atoms with Crippen molar-refractivity contribution >= 4 is 17.2 Å². The predicted octanol–water partition coefficient (Wildman–Crippen LogP) is 2.65. The van der Waals surface area contributed by atoms with E-state index in [-0.39, 0.29) is 11.8 Å². The maximum atomic E-state index is 12.6. The maximum absolute atomic E-state index is 12.6. The second-order valence-electron chi connectivity index (χ2n) is 7.77. The lowest BCUT2D eigenvalue weighted by Crippen LogP contribution is -2.51. The van der Waals surface area contributed by atoms with Gasteiger partial charge in [0, 0.05) is 24.0 Å². The van der Waals surface area contributed by atoms with Crippen LogP contribution in [0.3, 0.4) is 0 Å². The first-order chi connectivity index (χ1) is 12.0. The quantitative estimate of drug-likeness (QED) is 0.873. The summed E-state index contributed by atoms with van der Waals surface area (Å²) in [6.45, 7) is 11.6. The molecule has 2 aliphatic rings. The SMILES string of the molecule is Cc1nc(CNC(=O)[C@@H]2CCCN(C3CCN(C(C)C)CC3)C2)cs1. The predicted molar refractivity (Wildman–Crippen MR) is 103 cm³/mol. The number of nitrogens with zero attached hydrogens (tertiary/aromatic N) is 3. The zero-order valence-corrected chi connectivity index (χ0v) is 16.6. The van der Waals surface area contributed by atoms with Gasteiger partial charge in [-0.05, 0) is 66.1 Å². The molecule has 0 aromatic carbocycles. The van der Waals surface area contributed by atoms with Crippen LogP contribution in [0, 0.1) is 12.8 Å². The lowest BCUT2D eigenvalue weighted by atomic mass is 9.93. The molecule has 0 aliphatic carbocycles. The Hall–Kier alpha value is -0.980. The van der Waals surface area contributed by atoms with Gasteiger partial charge in [-0.3, -0.25) is 9.69 Å². The fourth-order valence-electron chi connectivity index (χ4n) is 4.13. The summed E-state index contributed by atoms with van der Waals surface area (Å²) in [6.07, 6.45) is 4.64. The van der Waals surface area contributed by atoms with Crippen LogP contribution in [0.5, 0.6) is 0 Å². The van der Waals surface area contributed by atoms with Gasteiger partial charge in [0.15, 0.2) is 0 Å². The van der Waals surface area contributed by atoms with E-state index in [9.17, 15) is 4.79 Å². The number of aromatic nitrogens is 1. The van der Waals surface area contributed by atoms with Crippen LogP contribution < -0.4 is 5.32 Å². The zero-order valence-electron chi connectivity index (χ0n) is 15.8. The van der Waals surface area contributed by atoms with E-state index in [1.54, 1.807) is 11.3 Å². The number of carbonyl (C=O) groups excluding carboxylic acids is 1. The van der Waals surface area contributed by atoms with Gasteiger partial charge in [-0.25, -0.2) is 4.98 Å². The van der Waals surface area contributed by atoms with Crippen molar-refractivity contribution in [2.45, 2.75) is 65.1 Å². The molecule has 3 heterocycles. The van der Waals surface area contributed by atoms with Gasteiger partial charge in [0.2, 0.25) is 5.91 Å². The number of thiazole rings is 1. The van der Waals surface area contributed by atoms with E-state index in [1.807, 2.05) is 12.3 Å². The fraction of sp³-hybridized carbons (Fsp3) is 0.789. The van der Waals surface area contributed by atoms with Crippen molar-refractivity contribution in [3.05, 3.63) is 16.1 Å². The standard InChI is InChI=1S/C19H32N4OS/c1-14(2)22-9-6-18(7-10-22)23-8-4-5-16(12-23)19(24)20-11-17-13-25-15(3)21-17/h13-14,16,18H,4-12H2,1-3H3,(H,20,24)/t16-/m1/s1. The molecule has 25 heavy (non-hydrogen) atoms. The molecule has 1 aromatic heterocycles. The highest BCUT2D eigenvalue weighted by Crippen LogP contribution is 2.24. The van der Waals surface area contributed by atoms with E-state index in [1.165, 1.54) is 25.9 Å². The van der Waals surface area contributed by atoms with Gasteiger partial charge in [-0.2, -0.15) is 0 Å². The van der Waals surface area contributed by atoms with E-state index in [0.29, 0.717) is 18.6 Å². The van der Waals surface area contributed by atoms with Gasteiger partial charge in [0.1, 0.15) is 0 Å². The molecule has 0 bridgehead atoms. The lowest BCUT2D eigenvalue weighted by Gasteiger charge is -2.43. The molecule has 5 nitrogen and oxygen atoms in total. The van der Waals surface area contributed by atoms with Crippen LogP contribution in [0.25, 0.3) is 0 Å². The van der Waals surface area contributed by atoms with E-state index in [0.717, 1.165) is 36.6 Å². The number of aryl methyl sites for hydroxylation is 1. The molecule has 1 aromatic rings. The first-order valence-electron chi connectivity index (χ1n) is 9.69. The average molecular weight is 365 g/mol. The van der Waals surface area contributed by atoms with E-state index in [4.69, 9.17) is 0 Å². The molecule has 1 atom stereocenters. The summed E-state index contributed by atoms with van der Waals surface area (Å²) in [4.78, 5) is 22.2.